The molecule has 2 rings (SSSR count). The number of methoxy groups -OCH3 is 1. The lowest BCUT2D eigenvalue weighted by Gasteiger charge is -2.34. The summed E-state index contributed by atoms with van der Waals surface area (Å²) < 4.78 is 11.6. The standard InChI is InChI=1S/C15H21BrN2O3/c1-20-12-15(19)18-7-5-17(6-8-18)9-10-21-14-4-2-3-13(16)11-14/h2-4,11H,5-10,12H2,1H3. The number of carbonyl (C=O) groups is 1. The highest BCUT2D eigenvalue weighted by Gasteiger charge is 2.20. The van der Waals surface area contributed by atoms with Crippen molar-refractivity contribution in [2.45, 2.75) is 0 Å². The van der Waals surface area contributed by atoms with Crippen LogP contribution in [0, 0.1) is 0 Å². The van der Waals surface area contributed by atoms with E-state index in [1.807, 2.05) is 29.2 Å². The monoisotopic (exact) mass is 356 g/mol. The summed E-state index contributed by atoms with van der Waals surface area (Å²) in [5, 5.41) is 0. The average Bonchev–Trinajstić information content (AvgIpc) is 2.48. The van der Waals surface area contributed by atoms with Gasteiger partial charge in [-0.3, -0.25) is 9.69 Å². The van der Waals surface area contributed by atoms with Gasteiger partial charge in [-0.25, -0.2) is 0 Å². The molecule has 1 amide bonds. The van der Waals surface area contributed by atoms with Gasteiger partial charge in [0, 0.05) is 44.3 Å². The molecule has 6 heteroatoms. The van der Waals surface area contributed by atoms with Crippen molar-refractivity contribution in [3.05, 3.63) is 28.7 Å². The van der Waals surface area contributed by atoms with Gasteiger partial charge in [-0.1, -0.05) is 22.0 Å². The van der Waals surface area contributed by atoms with Gasteiger partial charge in [0.25, 0.3) is 0 Å². The topological polar surface area (TPSA) is 42.0 Å². The Kier molecular flexibility index (Phi) is 6.48. The molecular formula is C15H21BrN2O3. The summed E-state index contributed by atoms with van der Waals surface area (Å²) in [4.78, 5) is 15.9. The van der Waals surface area contributed by atoms with Crippen LogP contribution >= 0.6 is 15.9 Å². The van der Waals surface area contributed by atoms with E-state index in [0.717, 1.165) is 42.9 Å². The highest BCUT2D eigenvalue weighted by molar-refractivity contribution is 9.10. The molecule has 1 fully saturated rings. The Morgan fingerprint density at radius 2 is 2.05 bits per heavy atom. The summed E-state index contributed by atoms with van der Waals surface area (Å²) >= 11 is 3.43. The van der Waals surface area contributed by atoms with Crippen LogP contribution in [0.1, 0.15) is 0 Å². The molecule has 1 heterocycles. The molecule has 0 N–H and O–H groups in total. The third-order valence-electron chi connectivity index (χ3n) is 3.47. The van der Waals surface area contributed by atoms with E-state index in [0.29, 0.717) is 6.61 Å². The van der Waals surface area contributed by atoms with Gasteiger partial charge in [0.1, 0.15) is 19.0 Å². The summed E-state index contributed by atoms with van der Waals surface area (Å²) in [6.45, 7) is 5.00. The van der Waals surface area contributed by atoms with E-state index in [9.17, 15) is 4.79 Å². The molecule has 1 aliphatic heterocycles. The molecule has 0 bridgehead atoms. The molecule has 1 aliphatic rings. The minimum Gasteiger partial charge on any atom is -0.492 e. The first-order chi connectivity index (χ1) is 10.2. The van der Waals surface area contributed by atoms with E-state index >= 15 is 0 Å². The highest BCUT2D eigenvalue weighted by atomic mass is 79.9. The smallest absolute Gasteiger partial charge is 0.248 e. The number of rotatable bonds is 6. The van der Waals surface area contributed by atoms with Crippen LogP contribution in [0.3, 0.4) is 0 Å². The van der Waals surface area contributed by atoms with Gasteiger partial charge in [0.05, 0.1) is 0 Å². The first-order valence-electron chi connectivity index (χ1n) is 7.06. The number of halogens is 1. The minimum absolute atomic E-state index is 0.0718. The largest absolute Gasteiger partial charge is 0.492 e. The van der Waals surface area contributed by atoms with Gasteiger partial charge in [0.2, 0.25) is 5.91 Å². The quantitative estimate of drug-likeness (QED) is 0.776. The molecule has 1 aromatic carbocycles. The molecule has 0 aliphatic carbocycles. The second-order valence-electron chi connectivity index (χ2n) is 4.96. The lowest BCUT2D eigenvalue weighted by Crippen LogP contribution is -2.50. The molecule has 1 saturated heterocycles. The number of amides is 1. The van der Waals surface area contributed by atoms with Crippen molar-refractivity contribution in [3.8, 4) is 5.75 Å². The third-order valence-corrected chi connectivity index (χ3v) is 3.96. The maximum absolute atomic E-state index is 11.7. The van der Waals surface area contributed by atoms with Crippen LogP contribution in [0.4, 0.5) is 0 Å². The molecule has 116 valence electrons. The van der Waals surface area contributed by atoms with Crippen LogP contribution in [0.25, 0.3) is 0 Å². The number of ether oxygens (including phenoxy) is 2. The van der Waals surface area contributed by atoms with Crippen molar-refractivity contribution in [1.29, 1.82) is 0 Å². The zero-order chi connectivity index (χ0) is 15.1. The van der Waals surface area contributed by atoms with Crippen LogP contribution in [0.2, 0.25) is 0 Å². The molecule has 5 nitrogen and oxygen atoms in total. The first-order valence-corrected chi connectivity index (χ1v) is 7.86. The molecule has 0 saturated carbocycles. The Morgan fingerprint density at radius 3 is 2.71 bits per heavy atom. The lowest BCUT2D eigenvalue weighted by atomic mass is 10.3. The Balaban J connectivity index is 1.66. The van der Waals surface area contributed by atoms with Crippen LogP contribution in [0.15, 0.2) is 28.7 Å². The number of carbonyl (C=O) groups excluding carboxylic acids is 1. The number of hydrogen-bond donors (Lipinski definition) is 0. The van der Waals surface area contributed by atoms with E-state index in [4.69, 9.17) is 9.47 Å². The summed E-state index contributed by atoms with van der Waals surface area (Å²) in [7, 11) is 1.55. The maximum Gasteiger partial charge on any atom is 0.248 e. The second kappa shape index (κ2) is 8.36. The predicted molar refractivity (Wildman–Crippen MR) is 84.5 cm³/mol. The van der Waals surface area contributed by atoms with Gasteiger partial charge in [-0.15, -0.1) is 0 Å². The van der Waals surface area contributed by atoms with Crippen molar-refractivity contribution >= 4 is 21.8 Å². The zero-order valence-corrected chi connectivity index (χ0v) is 13.8. The Morgan fingerprint density at radius 1 is 1.29 bits per heavy atom. The van der Waals surface area contributed by atoms with Crippen LogP contribution < -0.4 is 4.74 Å². The van der Waals surface area contributed by atoms with E-state index in [1.165, 1.54) is 0 Å². The van der Waals surface area contributed by atoms with Crippen molar-refractivity contribution in [3.63, 3.8) is 0 Å². The van der Waals surface area contributed by atoms with Gasteiger partial charge >= 0.3 is 0 Å². The molecule has 0 spiro atoms. The number of nitrogens with zero attached hydrogens (tertiary/aromatic N) is 2. The van der Waals surface area contributed by atoms with Gasteiger partial charge in [0.15, 0.2) is 0 Å². The van der Waals surface area contributed by atoms with Crippen molar-refractivity contribution in [1.82, 2.24) is 9.80 Å². The summed E-state index contributed by atoms with van der Waals surface area (Å²) in [5.41, 5.74) is 0. The van der Waals surface area contributed by atoms with E-state index < -0.39 is 0 Å². The van der Waals surface area contributed by atoms with Gasteiger partial charge in [-0.2, -0.15) is 0 Å². The fourth-order valence-corrected chi connectivity index (χ4v) is 2.66. The molecule has 0 atom stereocenters. The lowest BCUT2D eigenvalue weighted by molar-refractivity contribution is -0.136. The van der Waals surface area contributed by atoms with Crippen molar-refractivity contribution < 1.29 is 14.3 Å². The second-order valence-corrected chi connectivity index (χ2v) is 5.88. The maximum atomic E-state index is 11.7. The summed E-state index contributed by atoms with van der Waals surface area (Å²) in [6.07, 6.45) is 0. The highest BCUT2D eigenvalue weighted by Crippen LogP contribution is 2.17. The normalized spacial score (nSPS) is 16.0. The molecule has 1 aromatic rings. The SMILES string of the molecule is COCC(=O)N1CCN(CCOc2cccc(Br)c2)CC1. The van der Waals surface area contributed by atoms with Crippen LogP contribution in [-0.4, -0.2) is 68.8 Å². The molecule has 0 radical (unpaired) electrons. The van der Waals surface area contributed by atoms with E-state index in [2.05, 4.69) is 20.8 Å². The number of hydrogen-bond acceptors (Lipinski definition) is 4. The summed E-state index contributed by atoms with van der Waals surface area (Å²) in [5.74, 6) is 0.945. The number of benzene rings is 1. The third kappa shape index (κ3) is 5.30. The zero-order valence-electron chi connectivity index (χ0n) is 12.3. The fraction of sp³-hybridized carbons (Fsp3) is 0.533. The average molecular weight is 357 g/mol. The molecule has 0 unspecified atom stereocenters. The number of piperazine rings is 1. The van der Waals surface area contributed by atoms with Gasteiger partial charge in [-0.05, 0) is 18.2 Å². The summed E-state index contributed by atoms with van der Waals surface area (Å²) in [6, 6.07) is 7.84. The Bertz CT molecular complexity index is 462. The molecular weight excluding hydrogens is 336 g/mol. The minimum atomic E-state index is 0.0718. The van der Waals surface area contributed by atoms with E-state index in [1.54, 1.807) is 7.11 Å². The van der Waals surface area contributed by atoms with Crippen LogP contribution in [-0.2, 0) is 9.53 Å². The van der Waals surface area contributed by atoms with Gasteiger partial charge < -0.3 is 14.4 Å². The van der Waals surface area contributed by atoms with Crippen LogP contribution in [0.5, 0.6) is 5.75 Å². The first kappa shape index (κ1) is 16.3. The fourth-order valence-electron chi connectivity index (χ4n) is 2.29. The van der Waals surface area contributed by atoms with Crippen molar-refractivity contribution in [2.75, 3.05) is 53.0 Å². The Hall–Kier alpha value is -1.11. The Labute approximate surface area is 133 Å². The molecule has 21 heavy (non-hydrogen) atoms. The van der Waals surface area contributed by atoms with Crippen molar-refractivity contribution in [2.24, 2.45) is 0 Å². The van der Waals surface area contributed by atoms with E-state index in [-0.39, 0.29) is 12.5 Å². The predicted octanol–water partition coefficient (Wildman–Crippen LogP) is 1.62. The molecule has 0 aromatic heterocycles.